The molecule has 0 aliphatic carbocycles. The van der Waals surface area contributed by atoms with Gasteiger partial charge in [0.15, 0.2) is 0 Å². The van der Waals surface area contributed by atoms with Gasteiger partial charge >= 0.3 is 0 Å². The van der Waals surface area contributed by atoms with Crippen molar-refractivity contribution in [1.82, 2.24) is 4.98 Å². The molecule has 0 spiro atoms. The SMILES string of the molecule is CCCCCCCCc1ccc(COc2nc3ccccc3s2)cc1. The number of rotatable bonds is 10. The van der Waals surface area contributed by atoms with Gasteiger partial charge in [0.25, 0.3) is 5.19 Å². The molecule has 0 unspecified atom stereocenters. The average Bonchev–Trinajstić information content (AvgIpc) is 3.07. The lowest BCUT2D eigenvalue weighted by atomic mass is 10.0. The van der Waals surface area contributed by atoms with Crippen LogP contribution in [-0.4, -0.2) is 4.98 Å². The van der Waals surface area contributed by atoms with Crippen LogP contribution in [0.1, 0.15) is 56.6 Å². The minimum atomic E-state index is 0.580. The van der Waals surface area contributed by atoms with Gasteiger partial charge in [0.2, 0.25) is 0 Å². The van der Waals surface area contributed by atoms with E-state index in [1.807, 2.05) is 18.2 Å². The average molecular weight is 354 g/mol. The minimum Gasteiger partial charge on any atom is -0.465 e. The lowest BCUT2D eigenvalue weighted by Crippen LogP contribution is -1.95. The number of thiazole rings is 1. The summed E-state index contributed by atoms with van der Waals surface area (Å²) in [6, 6.07) is 17.0. The Morgan fingerprint density at radius 3 is 2.36 bits per heavy atom. The van der Waals surface area contributed by atoms with Crippen molar-refractivity contribution < 1.29 is 4.74 Å². The number of aromatic nitrogens is 1. The Hall–Kier alpha value is -1.87. The van der Waals surface area contributed by atoms with E-state index in [0.29, 0.717) is 6.61 Å². The molecule has 0 saturated carbocycles. The van der Waals surface area contributed by atoms with E-state index in [4.69, 9.17) is 4.74 Å². The highest BCUT2D eigenvalue weighted by Crippen LogP contribution is 2.27. The molecule has 0 aliphatic rings. The first-order valence-corrected chi connectivity index (χ1v) is 10.2. The zero-order valence-corrected chi connectivity index (χ0v) is 15.9. The van der Waals surface area contributed by atoms with Gasteiger partial charge in [0.05, 0.1) is 10.2 Å². The van der Waals surface area contributed by atoms with Crippen molar-refractivity contribution >= 4 is 21.6 Å². The molecule has 0 amide bonds. The van der Waals surface area contributed by atoms with Gasteiger partial charge in [-0.1, -0.05) is 86.8 Å². The lowest BCUT2D eigenvalue weighted by molar-refractivity contribution is 0.305. The van der Waals surface area contributed by atoms with Crippen molar-refractivity contribution in [2.75, 3.05) is 0 Å². The van der Waals surface area contributed by atoms with Crippen LogP contribution in [0.15, 0.2) is 48.5 Å². The maximum Gasteiger partial charge on any atom is 0.274 e. The Balaban J connectivity index is 1.42. The van der Waals surface area contributed by atoms with Crippen molar-refractivity contribution in [2.24, 2.45) is 0 Å². The summed E-state index contributed by atoms with van der Waals surface area (Å²) in [6.07, 6.45) is 9.29. The Labute approximate surface area is 154 Å². The van der Waals surface area contributed by atoms with Crippen molar-refractivity contribution in [3.63, 3.8) is 0 Å². The smallest absolute Gasteiger partial charge is 0.274 e. The Kier molecular flexibility index (Phi) is 6.87. The second kappa shape index (κ2) is 9.57. The molecule has 3 rings (SSSR count). The maximum atomic E-state index is 5.86. The number of fused-ring (bicyclic) bond motifs is 1. The van der Waals surface area contributed by atoms with E-state index in [0.717, 1.165) is 10.7 Å². The molecule has 0 N–H and O–H groups in total. The molecule has 0 radical (unpaired) electrons. The number of para-hydroxylation sites is 1. The Morgan fingerprint density at radius 1 is 0.840 bits per heavy atom. The van der Waals surface area contributed by atoms with E-state index in [1.165, 1.54) is 60.8 Å². The molecule has 0 bridgehead atoms. The molecular weight excluding hydrogens is 326 g/mol. The number of unbranched alkanes of at least 4 members (excludes halogenated alkanes) is 5. The fourth-order valence-electron chi connectivity index (χ4n) is 2.97. The Bertz CT molecular complexity index is 730. The number of aryl methyl sites for hydroxylation is 1. The predicted octanol–water partition coefficient (Wildman–Crippen LogP) is 6.78. The molecular formula is C22H27NOS. The van der Waals surface area contributed by atoms with Crippen molar-refractivity contribution in [3.05, 3.63) is 59.7 Å². The van der Waals surface area contributed by atoms with Crippen LogP contribution in [0.25, 0.3) is 10.2 Å². The molecule has 132 valence electrons. The molecule has 3 aromatic rings. The van der Waals surface area contributed by atoms with Crippen LogP contribution in [0.2, 0.25) is 0 Å². The molecule has 1 heterocycles. The third-order valence-corrected chi connectivity index (χ3v) is 5.43. The molecule has 3 heteroatoms. The highest BCUT2D eigenvalue weighted by molar-refractivity contribution is 7.20. The van der Waals surface area contributed by atoms with Gasteiger partial charge in [-0.3, -0.25) is 0 Å². The zero-order valence-electron chi connectivity index (χ0n) is 15.0. The monoisotopic (exact) mass is 353 g/mol. The summed E-state index contributed by atoms with van der Waals surface area (Å²) in [5, 5.41) is 0.748. The minimum absolute atomic E-state index is 0.580. The van der Waals surface area contributed by atoms with Crippen LogP contribution in [-0.2, 0) is 13.0 Å². The number of benzene rings is 2. The lowest BCUT2D eigenvalue weighted by Gasteiger charge is -2.05. The Morgan fingerprint density at radius 2 is 1.56 bits per heavy atom. The van der Waals surface area contributed by atoms with Gasteiger partial charge < -0.3 is 4.74 Å². The molecule has 2 aromatic carbocycles. The summed E-state index contributed by atoms with van der Waals surface area (Å²) in [5.41, 5.74) is 3.64. The van der Waals surface area contributed by atoms with E-state index in [9.17, 15) is 0 Å². The number of ether oxygens (including phenoxy) is 1. The molecule has 1 aromatic heterocycles. The third-order valence-electron chi connectivity index (χ3n) is 4.48. The third kappa shape index (κ3) is 5.57. The first kappa shape index (κ1) is 17.9. The van der Waals surface area contributed by atoms with Gasteiger partial charge in [0, 0.05) is 0 Å². The van der Waals surface area contributed by atoms with Gasteiger partial charge in [-0.15, -0.1) is 0 Å². The normalized spacial score (nSPS) is 11.1. The van der Waals surface area contributed by atoms with Gasteiger partial charge in [0.1, 0.15) is 6.61 Å². The van der Waals surface area contributed by atoms with Crippen molar-refractivity contribution in [1.29, 1.82) is 0 Å². The fourth-order valence-corrected chi connectivity index (χ4v) is 3.78. The molecule has 0 saturated heterocycles. The maximum absolute atomic E-state index is 5.86. The summed E-state index contributed by atoms with van der Waals surface area (Å²) >= 11 is 1.61. The summed E-state index contributed by atoms with van der Waals surface area (Å²) in [4.78, 5) is 4.51. The van der Waals surface area contributed by atoms with E-state index >= 15 is 0 Å². The molecule has 0 atom stereocenters. The first-order valence-electron chi connectivity index (χ1n) is 9.41. The van der Waals surface area contributed by atoms with E-state index < -0.39 is 0 Å². The number of hydrogen-bond donors (Lipinski definition) is 0. The van der Waals surface area contributed by atoms with E-state index in [1.54, 1.807) is 11.3 Å². The quantitative estimate of drug-likeness (QED) is 0.375. The van der Waals surface area contributed by atoms with Crippen molar-refractivity contribution in [2.45, 2.75) is 58.5 Å². The van der Waals surface area contributed by atoms with Gasteiger partial charge in [-0.05, 0) is 36.1 Å². The van der Waals surface area contributed by atoms with Gasteiger partial charge in [-0.25, -0.2) is 4.98 Å². The number of hydrogen-bond acceptors (Lipinski definition) is 3. The van der Waals surface area contributed by atoms with Crippen LogP contribution in [0, 0.1) is 0 Å². The van der Waals surface area contributed by atoms with Crippen LogP contribution in [0.3, 0.4) is 0 Å². The van der Waals surface area contributed by atoms with E-state index in [2.05, 4.69) is 42.2 Å². The fraction of sp³-hybridized carbons (Fsp3) is 0.409. The van der Waals surface area contributed by atoms with Gasteiger partial charge in [-0.2, -0.15) is 0 Å². The zero-order chi connectivity index (χ0) is 17.3. The van der Waals surface area contributed by atoms with Crippen LogP contribution in [0.4, 0.5) is 0 Å². The largest absolute Gasteiger partial charge is 0.465 e. The summed E-state index contributed by atoms with van der Waals surface area (Å²) < 4.78 is 7.03. The molecule has 25 heavy (non-hydrogen) atoms. The highest BCUT2D eigenvalue weighted by atomic mass is 32.1. The second-order valence-electron chi connectivity index (χ2n) is 6.57. The predicted molar refractivity (Wildman–Crippen MR) is 107 cm³/mol. The van der Waals surface area contributed by atoms with Crippen LogP contribution in [0.5, 0.6) is 5.19 Å². The van der Waals surface area contributed by atoms with Crippen LogP contribution < -0.4 is 4.74 Å². The standard InChI is InChI=1S/C22H27NOS/c1-2-3-4-5-6-7-10-18-13-15-19(16-14-18)17-24-22-23-20-11-8-9-12-21(20)25-22/h8-9,11-16H,2-7,10,17H2,1H3. The second-order valence-corrected chi connectivity index (χ2v) is 7.56. The summed E-state index contributed by atoms with van der Waals surface area (Å²) in [6.45, 7) is 2.85. The highest BCUT2D eigenvalue weighted by Gasteiger charge is 2.04. The molecule has 0 fully saturated rings. The number of nitrogens with zero attached hydrogens (tertiary/aromatic N) is 1. The summed E-state index contributed by atoms with van der Waals surface area (Å²) in [7, 11) is 0. The topological polar surface area (TPSA) is 22.1 Å². The molecule has 2 nitrogen and oxygen atoms in total. The van der Waals surface area contributed by atoms with Crippen LogP contribution >= 0.6 is 11.3 Å². The first-order chi connectivity index (χ1) is 12.3. The van der Waals surface area contributed by atoms with Crippen molar-refractivity contribution in [3.8, 4) is 5.19 Å². The summed E-state index contributed by atoms with van der Waals surface area (Å²) in [5.74, 6) is 0. The molecule has 0 aliphatic heterocycles. The van der Waals surface area contributed by atoms with E-state index in [-0.39, 0.29) is 0 Å².